The maximum atomic E-state index is 13.1. The van der Waals surface area contributed by atoms with Gasteiger partial charge in [0.15, 0.2) is 5.44 Å². The molecule has 140 valence electrons. The Hall–Kier alpha value is -2.47. The standard InChI is InChI=1S/C22H22O4S/c23-21(16-18-10-4-1-5-11-18)22(26-17-19-12-6-2-7-13-19)27(24,25)20-14-8-3-9-15-20/h1-15,21-23H,16-17H2/t21-,22-/m0/s1. The first-order valence-electron chi connectivity index (χ1n) is 8.74. The molecule has 4 nitrogen and oxygen atoms in total. The van der Waals surface area contributed by atoms with E-state index in [9.17, 15) is 13.5 Å². The van der Waals surface area contributed by atoms with Gasteiger partial charge in [-0.2, -0.15) is 0 Å². The molecule has 2 atom stereocenters. The Kier molecular flexibility index (Phi) is 6.40. The van der Waals surface area contributed by atoms with Crippen molar-refractivity contribution in [2.45, 2.75) is 29.5 Å². The molecule has 0 heterocycles. The lowest BCUT2D eigenvalue weighted by Gasteiger charge is -2.24. The van der Waals surface area contributed by atoms with Crippen LogP contribution in [0, 0.1) is 0 Å². The highest BCUT2D eigenvalue weighted by Gasteiger charge is 2.35. The van der Waals surface area contributed by atoms with Crippen molar-refractivity contribution in [3.63, 3.8) is 0 Å². The highest BCUT2D eigenvalue weighted by atomic mass is 32.2. The summed E-state index contributed by atoms with van der Waals surface area (Å²) in [5.41, 5.74) is 0.333. The Morgan fingerprint density at radius 1 is 0.741 bits per heavy atom. The van der Waals surface area contributed by atoms with Crippen LogP contribution >= 0.6 is 0 Å². The molecule has 0 spiro atoms. The lowest BCUT2D eigenvalue weighted by molar-refractivity contribution is 0.000786. The first-order valence-corrected chi connectivity index (χ1v) is 10.3. The summed E-state index contributed by atoms with van der Waals surface area (Å²) in [6, 6.07) is 26.7. The van der Waals surface area contributed by atoms with E-state index in [1.165, 1.54) is 12.1 Å². The zero-order chi connectivity index (χ0) is 19.1. The highest BCUT2D eigenvalue weighted by Crippen LogP contribution is 2.23. The topological polar surface area (TPSA) is 63.6 Å². The number of aliphatic hydroxyl groups excluding tert-OH is 1. The van der Waals surface area contributed by atoms with Crippen LogP contribution in [0.25, 0.3) is 0 Å². The van der Waals surface area contributed by atoms with Gasteiger partial charge in [0.2, 0.25) is 9.84 Å². The van der Waals surface area contributed by atoms with E-state index in [1.54, 1.807) is 18.2 Å². The smallest absolute Gasteiger partial charge is 0.207 e. The maximum Gasteiger partial charge on any atom is 0.207 e. The Balaban J connectivity index is 1.85. The van der Waals surface area contributed by atoms with Crippen LogP contribution in [0.15, 0.2) is 95.9 Å². The molecule has 27 heavy (non-hydrogen) atoms. The normalized spacial score (nSPS) is 13.8. The van der Waals surface area contributed by atoms with Crippen LogP contribution in [-0.4, -0.2) is 25.1 Å². The summed E-state index contributed by atoms with van der Waals surface area (Å²) < 4.78 is 31.9. The summed E-state index contributed by atoms with van der Waals surface area (Å²) in [6.45, 7) is 0.101. The van der Waals surface area contributed by atoms with Gasteiger partial charge >= 0.3 is 0 Å². The molecule has 0 radical (unpaired) electrons. The van der Waals surface area contributed by atoms with E-state index >= 15 is 0 Å². The van der Waals surface area contributed by atoms with E-state index in [-0.39, 0.29) is 17.9 Å². The molecule has 0 saturated carbocycles. The summed E-state index contributed by atoms with van der Waals surface area (Å²) in [4.78, 5) is 0.134. The van der Waals surface area contributed by atoms with Crippen molar-refractivity contribution in [1.82, 2.24) is 0 Å². The van der Waals surface area contributed by atoms with Crippen molar-refractivity contribution >= 4 is 9.84 Å². The molecule has 0 aromatic heterocycles. The Morgan fingerprint density at radius 3 is 1.78 bits per heavy atom. The third-order valence-electron chi connectivity index (χ3n) is 4.24. The zero-order valence-electron chi connectivity index (χ0n) is 14.8. The average Bonchev–Trinajstić information content (AvgIpc) is 2.70. The van der Waals surface area contributed by atoms with E-state index in [0.717, 1.165) is 11.1 Å². The second-order valence-electron chi connectivity index (χ2n) is 6.28. The Bertz CT molecular complexity index is 926. The minimum atomic E-state index is -3.86. The van der Waals surface area contributed by atoms with Crippen molar-refractivity contribution in [3.05, 3.63) is 102 Å². The number of hydrogen-bond donors (Lipinski definition) is 1. The van der Waals surface area contributed by atoms with Crippen LogP contribution in [0.3, 0.4) is 0 Å². The van der Waals surface area contributed by atoms with Crippen LogP contribution in [0.2, 0.25) is 0 Å². The van der Waals surface area contributed by atoms with Crippen molar-refractivity contribution in [2.24, 2.45) is 0 Å². The van der Waals surface area contributed by atoms with Crippen LogP contribution in [0.1, 0.15) is 11.1 Å². The van der Waals surface area contributed by atoms with Gasteiger partial charge in [-0.15, -0.1) is 0 Å². The van der Waals surface area contributed by atoms with E-state index in [4.69, 9.17) is 4.74 Å². The largest absolute Gasteiger partial charge is 0.389 e. The van der Waals surface area contributed by atoms with Crippen LogP contribution in [0.4, 0.5) is 0 Å². The fraction of sp³-hybridized carbons (Fsp3) is 0.182. The summed E-state index contributed by atoms with van der Waals surface area (Å²) in [7, 11) is -3.86. The molecule has 0 aliphatic carbocycles. The first-order chi connectivity index (χ1) is 13.1. The van der Waals surface area contributed by atoms with E-state index in [2.05, 4.69) is 0 Å². The predicted octanol–water partition coefficient (Wildman–Crippen LogP) is 3.61. The lowest BCUT2D eigenvalue weighted by atomic mass is 10.1. The molecule has 3 rings (SSSR count). The zero-order valence-corrected chi connectivity index (χ0v) is 15.6. The van der Waals surface area contributed by atoms with Crippen LogP contribution in [0.5, 0.6) is 0 Å². The fourth-order valence-corrected chi connectivity index (χ4v) is 4.42. The fourth-order valence-electron chi connectivity index (χ4n) is 2.86. The van der Waals surface area contributed by atoms with Gasteiger partial charge in [0.25, 0.3) is 0 Å². The predicted molar refractivity (Wildman–Crippen MR) is 105 cm³/mol. The average molecular weight is 382 g/mol. The summed E-state index contributed by atoms with van der Waals surface area (Å²) >= 11 is 0. The van der Waals surface area contributed by atoms with Gasteiger partial charge in [0.05, 0.1) is 17.6 Å². The van der Waals surface area contributed by atoms with Gasteiger partial charge in [-0.25, -0.2) is 8.42 Å². The third-order valence-corrected chi connectivity index (χ3v) is 6.23. The van der Waals surface area contributed by atoms with Crippen molar-refractivity contribution < 1.29 is 18.3 Å². The van der Waals surface area contributed by atoms with Crippen LogP contribution in [-0.2, 0) is 27.6 Å². The third kappa shape index (κ3) is 5.04. The van der Waals surface area contributed by atoms with Gasteiger partial charge in [0, 0.05) is 6.42 Å². The van der Waals surface area contributed by atoms with E-state index < -0.39 is 21.4 Å². The highest BCUT2D eigenvalue weighted by molar-refractivity contribution is 7.92. The van der Waals surface area contributed by atoms with E-state index in [0.29, 0.717) is 0 Å². The van der Waals surface area contributed by atoms with Crippen molar-refractivity contribution in [3.8, 4) is 0 Å². The van der Waals surface area contributed by atoms with Gasteiger partial charge < -0.3 is 9.84 Å². The molecule has 5 heteroatoms. The molecule has 3 aromatic rings. The summed E-state index contributed by atoms with van der Waals surface area (Å²) in [5, 5.41) is 10.7. The van der Waals surface area contributed by atoms with Gasteiger partial charge in [-0.3, -0.25) is 0 Å². The monoisotopic (exact) mass is 382 g/mol. The molecule has 0 unspecified atom stereocenters. The SMILES string of the molecule is O=S(=O)(c1ccccc1)[C@H](OCc1ccccc1)[C@@H](O)Cc1ccccc1. The molecular formula is C22H22O4S. The number of hydrogen-bond acceptors (Lipinski definition) is 4. The second kappa shape index (κ2) is 8.95. The number of sulfone groups is 1. The molecule has 0 aliphatic heterocycles. The molecule has 0 saturated heterocycles. The summed E-state index contributed by atoms with van der Waals surface area (Å²) in [5.74, 6) is 0. The molecule has 0 bridgehead atoms. The molecule has 0 aliphatic rings. The quantitative estimate of drug-likeness (QED) is 0.646. The number of rotatable bonds is 8. The number of benzene rings is 3. The minimum Gasteiger partial charge on any atom is -0.389 e. The summed E-state index contributed by atoms with van der Waals surface area (Å²) in [6.07, 6.45) is -1.01. The molecular weight excluding hydrogens is 360 g/mol. The lowest BCUT2D eigenvalue weighted by Crippen LogP contribution is -2.38. The minimum absolute atomic E-state index is 0.101. The second-order valence-corrected chi connectivity index (χ2v) is 8.31. The Labute approximate surface area is 160 Å². The number of aliphatic hydroxyl groups is 1. The van der Waals surface area contributed by atoms with Gasteiger partial charge in [-0.1, -0.05) is 78.9 Å². The van der Waals surface area contributed by atoms with E-state index in [1.807, 2.05) is 60.7 Å². The molecule has 0 amide bonds. The van der Waals surface area contributed by atoms with Gasteiger partial charge in [0.1, 0.15) is 0 Å². The van der Waals surface area contributed by atoms with Crippen molar-refractivity contribution in [2.75, 3.05) is 0 Å². The Morgan fingerprint density at radius 2 is 1.22 bits per heavy atom. The first kappa shape index (κ1) is 19.3. The molecule has 3 aromatic carbocycles. The van der Waals surface area contributed by atoms with Crippen LogP contribution < -0.4 is 0 Å². The maximum absolute atomic E-state index is 13.1. The number of ether oxygens (including phenoxy) is 1. The molecule has 1 N–H and O–H groups in total. The molecule has 0 fully saturated rings. The van der Waals surface area contributed by atoms with Gasteiger partial charge in [-0.05, 0) is 23.3 Å². The van der Waals surface area contributed by atoms with Crippen molar-refractivity contribution in [1.29, 1.82) is 0 Å².